The van der Waals surface area contributed by atoms with Gasteiger partial charge in [-0.25, -0.2) is 0 Å². The van der Waals surface area contributed by atoms with Gasteiger partial charge in [-0.3, -0.25) is 14.8 Å². The molecule has 5 rings (SSSR count). The number of benzene rings is 1. The highest BCUT2D eigenvalue weighted by Crippen LogP contribution is 2.33. The van der Waals surface area contributed by atoms with E-state index in [-0.39, 0.29) is 0 Å². The van der Waals surface area contributed by atoms with Crippen molar-refractivity contribution >= 4 is 27.8 Å². The minimum absolute atomic E-state index is 0.637. The highest BCUT2D eigenvalue weighted by Gasteiger charge is 2.35. The van der Waals surface area contributed by atoms with Crippen LogP contribution in [0.15, 0.2) is 35.4 Å². The Kier molecular flexibility index (Phi) is 7.42. The molecule has 0 N–H and O–H groups in total. The maximum absolute atomic E-state index is 12.1. The molecule has 0 radical (unpaired) electrons. The Balaban J connectivity index is 1.27. The molecule has 2 unspecified atom stereocenters. The van der Waals surface area contributed by atoms with Crippen LogP contribution >= 0.6 is 0 Å². The lowest BCUT2D eigenvalue weighted by molar-refractivity contribution is -0.0402. The molecule has 3 aliphatic heterocycles. The Hall–Kier alpha value is -1.38. The standard InChI is InChI=1S/C26H39N5OS/c1-3-28-16-18-30(19-17-28)26-6-4-5-13-31(26)21-10-14-29(15-11-21)25-9-12-27-24-8-7-22(33(2)32)20-23(24)25/h7-9,12,20-21,26H,3-6,10-11,13-19H2,1-2H3. The summed E-state index contributed by atoms with van der Waals surface area (Å²) >= 11 is -0.978. The van der Waals surface area contributed by atoms with Gasteiger partial charge in [-0.05, 0) is 74.6 Å². The monoisotopic (exact) mass is 469 g/mol. The summed E-state index contributed by atoms with van der Waals surface area (Å²) in [6.07, 6.45) is 10.8. The highest BCUT2D eigenvalue weighted by atomic mass is 32.2. The first-order valence-electron chi connectivity index (χ1n) is 12.8. The van der Waals surface area contributed by atoms with E-state index in [1.807, 2.05) is 18.3 Å². The van der Waals surface area contributed by atoms with Gasteiger partial charge in [0, 0.05) is 68.6 Å². The number of hydrogen-bond acceptors (Lipinski definition) is 6. The maximum atomic E-state index is 12.1. The van der Waals surface area contributed by atoms with Gasteiger partial charge in [0.15, 0.2) is 4.90 Å². The zero-order valence-electron chi connectivity index (χ0n) is 20.3. The lowest BCUT2D eigenvalue weighted by atomic mass is 9.96. The molecule has 0 amide bonds. The van der Waals surface area contributed by atoms with E-state index in [9.17, 15) is 4.55 Å². The van der Waals surface area contributed by atoms with Gasteiger partial charge >= 0.3 is 0 Å². The molecule has 0 aliphatic carbocycles. The summed E-state index contributed by atoms with van der Waals surface area (Å²) < 4.78 is 12.1. The molecule has 0 spiro atoms. The van der Waals surface area contributed by atoms with Gasteiger partial charge in [0.2, 0.25) is 0 Å². The molecule has 33 heavy (non-hydrogen) atoms. The van der Waals surface area contributed by atoms with Crippen molar-refractivity contribution in [1.29, 1.82) is 0 Å². The average molecular weight is 470 g/mol. The summed E-state index contributed by atoms with van der Waals surface area (Å²) in [5.41, 5.74) is 2.24. The first-order chi connectivity index (χ1) is 16.1. The Morgan fingerprint density at radius 1 is 0.970 bits per heavy atom. The van der Waals surface area contributed by atoms with E-state index < -0.39 is 11.2 Å². The van der Waals surface area contributed by atoms with Gasteiger partial charge in [0.05, 0.1) is 11.7 Å². The molecular weight excluding hydrogens is 430 g/mol. The van der Waals surface area contributed by atoms with Gasteiger partial charge in [0.25, 0.3) is 0 Å². The van der Waals surface area contributed by atoms with E-state index in [1.165, 1.54) is 77.1 Å². The fraction of sp³-hybridized carbons (Fsp3) is 0.654. The Morgan fingerprint density at radius 3 is 2.48 bits per heavy atom. The third-order valence-corrected chi connectivity index (χ3v) is 9.00. The molecular formula is C26H39N5OS. The molecule has 1 aromatic carbocycles. The number of hydrogen-bond donors (Lipinski definition) is 0. The molecule has 3 aliphatic rings. The van der Waals surface area contributed by atoms with E-state index in [2.05, 4.69) is 43.6 Å². The molecule has 3 fully saturated rings. The quantitative estimate of drug-likeness (QED) is 0.626. The van der Waals surface area contributed by atoms with Crippen molar-refractivity contribution < 1.29 is 4.55 Å². The van der Waals surface area contributed by atoms with E-state index in [4.69, 9.17) is 0 Å². The van der Waals surface area contributed by atoms with E-state index in [0.717, 1.165) is 28.9 Å². The van der Waals surface area contributed by atoms with Crippen LogP contribution in [0.1, 0.15) is 39.0 Å². The average Bonchev–Trinajstić information content (AvgIpc) is 2.88. The largest absolute Gasteiger partial charge is 0.612 e. The zero-order chi connectivity index (χ0) is 22.8. The smallest absolute Gasteiger partial charge is 0.153 e. The number of nitrogens with zero attached hydrogens (tertiary/aromatic N) is 5. The predicted octanol–water partition coefficient (Wildman–Crippen LogP) is 3.39. The number of piperidine rings is 2. The summed E-state index contributed by atoms with van der Waals surface area (Å²) in [6.45, 7) is 11.8. The molecule has 2 atom stereocenters. The van der Waals surface area contributed by atoms with Crippen molar-refractivity contribution in [3.63, 3.8) is 0 Å². The van der Waals surface area contributed by atoms with Crippen LogP contribution in [0.2, 0.25) is 0 Å². The van der Waals surface area contributed by atoms with Gasteiger partial charge in [-0.15, -0.1) is 0 Å². The van der Waals surface area contributed by atoms with Crippen LogP contribution in [0.5, 0.6) is 0 Å². The SMILES string of the molecule is CCN1CCN(C2CCCCN2C2CCN(c3ccnc4ccc([S+](C)[O-])cc34)CC2)CC1. The Morgan fingerprint density at radius 2 is 1.76 bits per heavy atom. The first-order valence-corrected chi connectivity index (χ1v) is 14.4. The number of rotatable bonds is 5. The topological polar surface area (TPSA) is 48.9 Å². The summed E-state index contributed by atoms with van der Waals surface area (Å²) in [4.78, 5) is 16.2. The van der Waals surface area contributed by atoms with Gasteiger partial charge < -0.3 is 14.4 Å². The van der Waals surface area contributed by atoms with Crippen molar-refractivity contribution in [1.82, 2.24) is 19.7 Å². The van der Waals surface area contributed by atoms with E-state index >= 15 is 0 Å². The summed E-state index contributed by atoms with van der Waals surface area (Å²) in [5.74, 6) is 0. The first kappa shape index (κ1) is 23.4. The van der Waals surface area contributed by atoms with Crippen LogP contribution in [-0.2, 0) is 11.2 Å². The van der Waals surface area contributed by atoms with Crippen LogP contribution in [0, 0.1) is 0 Å². The number of fused-ring (bicyclic) bond motifs is 1. The highest BCUT2D eigenvalue weighted by molar-refractivity contribution is 7.90. The molecule has 2 aromatic rings. The predicted molar refractivity (Wildman–Crippen MR) is 137 cm³/mol. The number of anilines is 1. The summed E-state index contributed by atoms with van der Waals surface area (Å²) in [7, 11) is 0. The van der Waals surface area contributed by atoms with Gasteiger partial charge in [-0.2, -0.15) is 0 Å². The molecule has 4 heterocycles. The third-order valence-electron chi connectivity index (χ3n) is 8.08. The number of aromatic nitrogens is 1. The fourth-order valence-electron chi connectivity index (χ4n) is 6.14. The second-order valence-corrected chi connectivity index (χ2v) is 11.2. The van der Waals surface area contributed by atoms with Crippen molar-refractivity contribution in [2.75, 3.05) is 63.5 Å². The molecule has 1 aromatic heterocycles. The van der Waals surface area contributed by atoms with Crippen molar-refractivity contribution in [3.8, 4) is 0 Å². The zero-order valence-corrected chi connectivity index (χ0v) is 21.1. The number of likely N-dealkylation sites (N-methyl/N-ethyl adjacent to an activating group) is 1. The van der Waals surface area contributed by atoms with Crippen LogP contribution in [0.3, 0.4) is 0 Å². The number of piperazine rings is 1. The summed E-state index contributed by atoms with van der Waals surface area (Å²) in [6, 6.07) is 8.86. The van der Waals surface area contributed by atoms with E-state index in [1.54, 1.807) is 6.26 Å². The molecule has 0 saturated carbocycles. The van der Waals surface area contributed by atoms with Crippen LogP contribution < -0.4 is 4.90 Å². The van der Waals surface area contributed by atoms with Crippen LogP contribution in [0.4, 0.5) is 5.69 Å². The molecule has 3 saturated heterocycles. The molecule has 180 valence electrons. The molecule has 7 heteroatoms. The Bertz CT molecular complexity index is 924. The van der Waals surface area contributed by atoms with Crippen molar-refractivity contribution in [2.24, 2.45) is 0 Å². The fourth-order valence-corrected chi connectivity index (χ4v) is 6.68. The third kappa shape index (κ3) is 5.03. The lowest BCUT2D eigenvalue weighted by Crippen LogP contribution is -2.60. The summed E-state index contributed by atoms with van der Waals surface area (Å²) in [5, 5.41) is 1.13. The second-order valence-electron chi connectivity index (χ2n) is 9.87. The Labute approximate surface area is 202 Å². The van der Waals surface area contributed by atoms with Gasteiger partial charge in [-0.1, -0.05) is 6.92 Å². The maximum Gasteiger partial charge on any atom is 0.153 e. The van der Waals surface area contributed by atoms with E-state index in [0.29, 0.717) is 12.2 Å². The minimum atomic E-state index is -0.978. The van der Waals surface area contributed by atoms with Crippen molar-refractivity contribution in [3.05, 3.63) is 30.5 Å². The normalized spacial score (nSPS) is 25.5. The number of pyridine rings is 1. The molecule has 6 nitrogen and oxygen atoms in total. The van der Waals surface area contributed by atoms with Gasteiger partial charge in [0.1, 0.15) is 6.26 Å². The van der Waals surface area contributed by atoms with Crippen molar-refractivity contribution in [2.45, 2.75) is 56.1 Å². The number of likely N-dealkylation sites (tertiary alicyclic amines) is 1. The van der Waals surface area contributed by atoms with Crippen LogP contribution in [-0.4, -0.2) is 95.1 Å². The molecule has 0 bridgehead atoms. The second kappa shape index (κ2) is 10.5. The lowest BCUT2D eigenvalue weighted by Gasteiger charge is -2.50. The minimum Gasteiger partial charge on any atom is -0.612 e. The van der Waals surface area contributed by atoms with Crippen LogP contribution in [0.25, 0.3) is 10.9 Å².